The van der Waals surface area contributed by atoms with Gasteiger partial charge in [-0.15, -0.1) is 0 Å². The van der Waals surface area contributed by atoms with Gasteiger partial charge in [-0.2, -0.15) is 18.2 Å². The number of hydrogen-bond acceptors (Lipinski definition) is 5. The fraction of sp³-hybridized carbons (Fsp3) is 0.421. The lowest BCUT2D eigenvalue weighted by Gasteiger charge is -2.35. The third-order valence-corrected chi connectivity index (χ3v) is 4.43. The Kier molecular flexibility index (Phi) is 6.09. The number of ether oxygens (including phenoxy) is 1. The molecule has 10 heteroatoms. The number of carbonyl (C=O) groups is 1. The largest absolute Gasteiger partial charge is 0.478 e. The van der Waals surface area contributed by atoms with Gasteiger partial charge in [-0.05, 0) is 32.0 Å². The van der Waals surface area contributed by atoms with E-state index in [0.717, 1.165) is 18.0 Å². The number of benzene rings is 1. The Morgan fingerprint density at radius 1 is 1.17 bits per heavy atom. The average molecular weight is 409 g/mol. The Balaban J connectivity index is 1.60. The van der Waals surface area contributed by atoms with E-state index in [1.807, 2.05) is 11.8 Å². The zero-order valence-electron chi connectivity index (χ0n) is 16.2. The zero-order chi connectivity index (χ0) is 21.0. The Morgan fingerprint density at radius 2 is 1.90 bits per heavy atom. The summed E-state index contributed by atoms with van der Waals surface area (Å²) in [7, 11) is 0. The number of alkyl halides is 3. The molecule has 0 unspecified atom stereocenters. The summed E-state index contributed by atoms with van der Waals surface area (Å²) in [6.07, 6.45) is -4.46. The summed E-state index contributed by atoms with van der Waals surface area (Å²) in [6, 6.07) is 5.92. The zero-order valence-corrected chi connectivity index (χ0v) is 16.2. The summed E-state index contributed by atoms with van der Waals surface area (Å²) in [6.45, 7) is 6.06. The molecule has 7 nitrogen and oxygen atoms in total. The number of urea groups is 1. The summed E-state index contributed by atoms with van der Waals surface area (Å²) in [5.74, 6) is 1.81. The molecule has 1 aromatic heterocycles. The van der Waals surface area contributed by atoms with Gasteiger partial charge in [0.1, 0.15) is 11.6 Å². The number of halogens is 3. The first-order valence-electron chi connectivity index (χ1n) is 9.23. The Morgan fingerprint density at radius 3 is 2.55 bits per heavy atom. The van der Waals surface area contributed by atoms with Crippen LogP contribution in [0.3, 0.4) is 0 Å². The van der Waals surface area contributed by atoms with E-state index in [1.165, 1.54) is 12.1 Å². The van der Waals surface area contributed by atoms with E-state index in [4.69, 9.17) is 4.74 Å². The average Bonchev–Trinajstić information content (AvgIpc) is 2.67. The normalized spacial score (nSPS) is 14.7. The van der Waals surface area contributed by atoms with Crippen molar-refractivity contribution in [2.75, 3.05) is 43.0 Å². The summed E-state index contributed by atoms with van der Waals surface area (Å²) < 4.78 is 43.9. The highest BCUT2D eigenvalue weighted by Gasteiger charge is 2.30. The summed E-state index contributed by atoms with van der Waals surface area (Å²) >= 11 is 0. The van der Waals surface area contributed by atoms with Crippen molar-refractivity contribution in [1.29, 1.82) is 0 Å². The van der Waals surface area contributed by atoms with E-state index in [2.05, 4.69) is 15.3 Å². The Hall–Kier alpha value is -3.04. The fourth-order valence-corrected chi connectivity index (χ4v) is 3.02. The smallest absolute Gasteiger partial charge is 0.416 e. The van der Waals surface area contributed by atoms with Crippen LogP contribution in [0.25, 0.3) is 0 Å². The molecular weight excluding hydrogens is 387 g/mol. The minimum atomic E-state index is -4.46. The van der Waals surface area contributed by atoms with E-state index < -0.39 is 17.8 Å². The number of carbonyl (C=O) groups excluding carboxylic acids is 1. The van der Waals surface area contributed by atoms with Crippen molar-refractivity contribution in [2.24, 2.45) is 0 Å². The first-order chi connectivity index (χ1) is 13.8. The van der Waals surface area contributed by atoms with E-state index in [-0.39, 0.29) is 5.69 Å². The Bertz CT molecular complexity index is 867. The predicted octanol–water partition coefficient (Wildman–Crippen LogP) is 3.56. The molecule has 0 bridgehead atoms. The van der Waals surface area contributed by atoms with Crippen LogP contribution in [-0.4, -0.2) is 53.7 Å². The first-order valence-corrected chi connectivity index (χ1v) is 9.23. The fourth-order valence-electron chi connectivity index (χ4n) is 3.02. The number of nitrogens with one attached hydrogen (secondary N) is 1. The molecule has 156 valence electrons. The number of anilines is 2. The lowest BCUT2D eigenvalue weighted by Crippen LogP contribution is -2.50. The lowest BCUT2D eigenvalue weighted by molar-refractivity contribution is -0.137. The van der Waals surface area contributed by atoms with Gasteiger partial charge in [0.05, 0.1) is 12.2 Å². The van der Waals surface area contributed by atoms with Gasteiger partial charge in [-0.3, -0.25) is 0 Å². The molecule has 2 aromatic rings. The maximum absolute atomic E-state index is 12.8. The van der Waals surface area contributed by atoms with Crippen LogP contribution in [0.4, 0.5) is 29.5 Å². The molecule has 0 atom stereocenters. The molecule has 1 aromatic carbocycles. The van der Waals surface area contributed by atoms with Gasteiger partial charge >= 0.3 is 12.2 Å². The number of rotatable bonds is 4. The summed E-state index contributed by atoms with van der Waals surface area (Å²) in [4.78, 5) is 24.7. The maximum Gasteiger partial charge on any atom is 0.416 e. The van der Waals surface area contributed by atoms with E-state index in [9.17, 15) is 18.0 Å². The quantitative estimate of drug-likeness (QED) is 0.836. The van der Waals surface area contributed by atoms with Gasteiger partial charge < -0.3 is 19.9 Å². The summed E-state index contributed by atoms with van der Waals surface area (Å²) in [5, 5.41) is 2.54. The van der Waals surface area contributed by atoms with Crippen molar-refractivity contribution in [3.05, 3.63) is 41.7 Å². The highest BCUT2D eigenvalue weighted by molar-refractivity contribution is 5.89. The molecule has 1 N–H and O–H groups in total. The highest BCUT2D eigenvalue weighted by Crippen LogP contribution is 2.30. The molecule has 2 amide bonds. The van der Waals surface area contributed by atoms with Gasteiger partial charge in [0.2, 0.25) is 5.88 Å². The number of hydrogen-bond donors (Lipinski definition) is 1. The van der Waals surface area contributed by atoms with Gasteiger partial charge in [-0.25, -0.2) is 9.78 Å². The lowest BCUT2D eigenvalue weighted by atomic mass is 10.2. The van der Waals surface area contributed by atoms with Crippen molar-refractivity contribution in [3.8, 4) is 5.88 Å². The van der Waals surface area contributed by atoms with Crippen LogP contribution < -0.4 is 15.0 Å². The summed E-state index contributed by atoms with van der Waals surface area (Å²) in [5.41, 5.74) is -0.690. The molecule has 1 fully saturated rings. The molecule has 29 heavy (non-hydrogen) atoms. The van der Waals surface area contributed by atoms with Crippen LogP contribution >= 0.6 is 0 Å². The number of aromatic nitrogens is 2. The first kappa shape index (κ1) is 20.7. The third-order valence-electron chi connectivity index (χ3n) is 4.43. The third kappa shape index (κ3) is 5.27. The molecule has 1 saturated heterocycles. The molecule has 3 rings (SSSR count). The molecular formula is C19H22F3N5O2. The number of nitrogens with zero attached hydrogens (tertiary/aromatic N) is 4. The topological polar surface area (TPSA) is 70.6 Å². The molecule has 0 aliphatic carbocycles. The van der Waals surface area contributed by atoms with E-state index in [0.29, 0.717) is 44.5 Å². The number of amides is 2. The van der Waals surface area contributed by atoms with Crippen molar-refractivity contribution in [2.45, 2.75) is 20.0 Å². The SMILES string of the molecule is CCOc1cc(N2CCN(C(=O)Nc3cccc(C(F)(F)F)c3)CC2)nc(C)n1. The van der Waals surface area contributed by atoms with Crippen molar-refractivity contribution in [3.63, 3.8) is 0 Å². The molecule has 1 aliphatic rings. The van der Waals surface area contributed by atoms with Gasteiger partial charge in [0.15, 0.2) is 0 Å². The van der Waals surface area contributed by atoms with Crippen molar-refractivity contribution in [1.82, 2.24) is 14.9 Å². The molecule has 0 saturated carbocycles. The van der Waals surface area contributed by atoms with E-state index >= 15 is 0 Å². The molecule has 1 aliphatic heterocycles. The van der Waals surface area contributed by atoms with Crippen LogP contribution in [-0.2, 0) is 6.18 Å². The van der Waals surface area contributed by atoms with Crippen LogP contribution in [0, 0.1) is 6.92 Å². The van der Waals surface area contributed by atoms with Gasteiger partial charge in [0.25, 0.3) is 0 Å². The van der Waals surface area contributed by atoms with E-state index in [1.54, 1.807) is 17.9 Å². The second-order valence-electron chi connectivity index (χ2n) is 6.53. The minimum absolute atomic E-state index is 0.111. The van der Waals surface area contributed by atoms with Crippen LogP contribution in [0.15, 0.2) is 30.3 Å². The maximum atomic E-state index is 12.8. The highest BCUT2D eigenvalue weighted by atomic mass is 19.4. The van der Waals surface area contributed by atoms with Gasteiger partial charge in [0, 0.05) is 37.9 Å². The van der Waals surface area contributed by atoms with Crippen LogP contribution in [0.5, 0.6) is 5.88 Å². The Labute approximate surface area is 166 Å². The monoisotopic (exact) mass is 409 g/mol. The number of piperazine rings is 1. The van der Waals surface area contributed by atoms with Gasteiger partial charge in [-0.1, -0.05) is 6.07 Å². The molecule has 0 radical (unpaired) electrons. The molecule has 0 spiro atoms. The second kappa shape index (κ2) is 8.54. The van der Waals surface area contributed by atoms with Crippen LogP contribution in [0.1, 0.15) is 18.3 Å². The van der Waals surface area contributed by atoms with Crippen molar-refractivity contribution >= 4 is 17.5 Å². The number of aryl methyl sites for hydroxylation is 1. The minimum Gasteiger partial charge on any atom is -0.478 e. The standard InChI is InChI=1S/C19H22F3N5O2/c1-3-29-17-12-16(23-13(2)24-17)26-7-9-27(10-8-26)18(28)25-15-6-4-5-14(11-15)19(20,21)22/h4-6,11-12H,3,7-10H2,1-2H3,(H,25,28). The second-order valence-corrected chi connectivity index (χ2v) is 6.53. The predicted molar refractivity (Wildman–Crippen MR) is 102 cm³/mol. The molecule has 2 heterocycles. The van der Waals surface area contributed by atoms with Crippen molar-refractivity contribution < 1.29 is 22.7 Å². The van der Waals surface area contributed by atoms with Crippen LogP contribution in [0.2, 0.25) is 0 Å².